The summed E-state index contributed by atoms with van der Waals surface area (Å²) in [6, 6.07) is 4.24. The Kier molecular flexibility index (Phi) is 5.09. The fourth-order valence-corrected chi connectivity index (χ4v) is 2.64. The molecule has 2 heterocycles. The lowest BCUT2D eigenvalue weighted by Gasteiger charge is -2.18. The Labute approximate surface area is 124 Å². The highest BCUT2D eigenvalue weighted by molar-refractivity contribution is 7.09. The number of nitrogens with zero attached hydrogens (tertiary/aromatic N) is 3. The first-order chi connectivity index (χ1) is 9.60. The van der Waals surface area contributed by atoms with Gasteiger partial charge in [-0.05, 0) is 32.0 Å². The van der Waals surface area contributed by atoms with Crippen LogP contribution in [-0.2, 0) is 13.1 Å². The van der Waals surface area contributed by atoms with Crippen LogP contribution < -0.4 is 10.2 Å². The molecule has 0 bridgehead atoms. The Morgan fingerprint density at radius 2 is 2.05 bits per heavy atom. The largest absolute Gasteiger partial charge is 0.354 e. The number of aromatic nitrogens is 2. The number of hydrogen-bond acceptors (Lipinski definition) is 5. The highest BCUT2D eigenvalue weighted by Crippen LogP contribution is 2.17. The minimum atomic E-state index is 0.795. The zero-order valence-electron chi connectivity index (χ0n) is 12.6. The van der Waals surface area contributed by atoms with Crippen LogP contribution in [0, 0.1) is 13.8 Å². The summed E-state index contributed by atoms with van der Waals surface area (Å²) in [6.45, 7) is 8.86. The van der Waals surface area contributed by atoms with E-state index < -0.39 is 0 Å². The first kappa shape index (κ1) is 14.9. The summed E-state index contributed by atoms with van der Waals surface area (Å²) in [6.07, 6.45) is 0. The van der Waals surface area contributed by atoms with Crippen molar-refractivity contribution in [2.24, 2.45) is 0 Å². The van der Waals surface area contributed by atoms with Crippen LogP contribution in [0.15, 0.2) is 17.5 Å². The first-order valence-electron chi connectivity index (χ1n) is 6.89. The molecule has 0 saturated carbocycles. The molecule has 0 atom stereocenters. The van der Waals surface area contributed by atoms with E-state index in [1.807, 2.05) is 6.92 Å². The summed E-state index contributed by atoms with van der Waals surface area (Å²) in [5.74, 6) is 0.994. The number of nitrogens with one attached hydrogen (secondary N) is 1. The second-order valence-electron chi connectivity index (χ2n) is 4.91. The Morgan fingerprint density at radius 1 is 1.25 bits per heavy atom. The topological polar surface area (TPSA) is 41.0 Å². The fourth-order valence-electron chi connectivity index (χ4n) is 2.04. The lowest BCUT2D eigenvalue weighted by Crippen LogP contribution is -2.19. The van der Waals surface area contributed by atoms with Crippen LogP contribution in [0.1, 0.15) is 28.9 Å². The molecule has 108 valence electrons. The predicted octanol–water partition coefficient (Wildman–Crippen LogP) is 2.90. The van der Waals surface area contributed by atoms with Crippen LogP contribution in [0.3, 0.4) is 0 Å². The van der Waals surface area contributed by atoms with Crippen molar-refractivity contribution >= 4 is 17.2 Å². The van der Waals surface area contributed by atoms with Gasteiger partial charge in [0.1, 0.15) is 5.82 Å². The third-order valence-electron chi connectivity index (χ3n) is 3.20. The standard InChI is InChI=1S/C15H22N4S/c1-5-16-8-13-6-7-15(17-11(13)2)19(4)9-14-10-20-12(3)18-14/h6-7,10,16H,5,8-9H2,1-4H3. The summed E-state index contributed by atoms with van der Waals surface area (Å²) >= 11 is 1.69. The zero-order valence-corrected chi connectivity index (χ0v) is 13.4. The second-order valence-corrected chi connectivity index (χ2v) is 5.97. The number of anilines is 1. The van der Waals surface area contributed by atoms with E-state index in [0.29, 0.717) is 0 Å². The van der Waals surface area contributed by atoms with Crippen molar-refractivity contribution in [3.8, 4) is 0 Å². The quantitative estimate of drug-likeness (QED) is 0.888. The molecule has 20 heavy (non-hydrogen) atoms. The molecule has 4 nitrogen and oxygen atoms in total. The molecule has 2 aromatic heterocycles. The zero-order chi connectivity index (χ0) is 14.5. The Morgan fingerprint density at radius 3 is 2.65 bits per heavy atom. The van der Waals surface area contributed by atoms with Gasteiger partial charge in [0, 0.05) is 24.7 Å². The number of thiazole rings is 1. The minimum absolute atomic E-state index is 0.795. The highest BCUT2D eigenvalue weighted by Gasteiger charge is 2.08. The SMILES string of the molecule is CCNCc1ccc(N(C)Cc2csc(C)n2)nc1C. The first-order valence-corrected chi connectivity index (χ1v) is 7.77. The summed E-state index contributed by atoms with van der Waals surface area (Å²) in [5.41, 5.74) is 3.45. The Bertz CT molecular complexity index is 565. The van der Waals surface area contributed by atoms with Gasteiger partial charge in [-0.1, -0.05) is 13.0 Å². The van der Waals surface area contributed by atoms with Crippen molar-refractivity contribution in [1.29, 1.82) is 0 Å². The molecule has 2 rings (SSSR count). The van der Waals surface area contributed by atoms with Gasteiger partial charge in [-0.3, -0.25) is 0 Å². The van der Waals surface area contributed by atoms with Crippen molar-refractivity contribution in [1.82, 2.24) is 15.3 Å². The molecule has 0 amide bonds. The van der Waals surface area contributed by atoms with Crippen molar-refractivity contribution in [3.05, 3.63) is 39.5 Å². The van der Waals surface area contributed by atoms with Gasteiger partial charge in [-0.2, -0.15) is 0 Å². The van der Waals surface area contributed by atoms with Gasteiger partial charge >= 0.3 is 0 Å². The molecule has 2 aromatic rings. The number of aryl methyl sites for hydroxylation is 2. The molecule has 0 unspecified atom stereocenters. The van der Waals surface area contributed by atoms with E-state index in [4.69, 9.17) is 4.98 Å². The summed E-state index contributed by atoms with van der Waals surface area (Å²) in [7, 11) is 2.06. The van der Waals surface area contributed by atoms with E-state index in [2.05, 4.69) is 53.6 Å². The monoisotopic (exact) mass is 290 g/mol. The van der Waals surface area contributed by atoms with Crippen molar-refractivity contribution in [2.75, 3.05) is 18.5 Å². The van der Waals surface area contributed by atoms with Crippen LogP contribution in [0.4, 0.5) is 5.82 Å². The van der Waals surface area contributed by atoms with Crippen LogP contribution in [0.5, 0.6) is 0 Å². The van der Waals surface area contributed by atoms with E-state index in [-0.39, 0.29) is 0 Å². The number of pyridine rings is 1. The summed E-state index contributed by atoms with van der Waals surface area (Å²) in [5, 5.41) is 6.55. The molecule has 0 saturated heterocycles. The van der Waals surface area contributed by atoms with Crippen molar-refractivity contribution < 1.29 is 0 Å². The van der Waals surface area contributed by atoms with Crippen molar-refractivity contribution in [2.45, 2.75) is 33.9 Å². The van der Waals surface area contributed by atoms with E-state index in [1.165, 1.54) is 5.56 Å². The van der Waals surface area contributed by atoms with Gasteiger partial charge in [0.05, 0.1) is 17.2 Å². The lowest BCUT2D eigenvalue weighted by molar-refractivity contribution is 0.719. The number of hydrogen-bond donors (Lipinski definition) is 1. The van der Waals surface area contributed by atoms with Crippen LogP contribution in [-0.4, -0.2) is 23.6 Å². The smallest absolute Gasteiger partial charge is 0.128 e. The fraction of sp³-hybridized carbons (Fsp3) is 0.467. The molecule has 0 aromatic carbocycles. The maximum absolute atomic E-state index is 4.69. The van der Waals surface area contributed by atoms with Crippen molar-refractivity contribution in [3.63, 3.8) is 0 Å². The van der Waals surface area contributed by atoms with E-state index in [0.717, 1.165) is 41.8 Å². The third kappa shape index (κ3) is 3.77. The molecular weight excluding hydrogens is 268 g/mol. The average molecular weight is 290 g/mol. The predicted molar refractivity (Wildman–Crippen MR) is 85.3 cm³/mol. The summed E-state index contributed by atoms with van der Waals surface area (Å²) in [4.78, 5) is 11.3. The second kappa shape index (κ2) is 6.81. The van der Waals surface area contributed by atoms with Gasteiger partial charge < -0.3 is 10.2 Å². The van der Waals surface area contributed by atoms with Gasteiger partial charge in [0.2, 0.25) is 0 Å². The molecule has 0 fully saturated rings. The van der Waals surface area contributed by atoms with E-state index in [9.17, 15) is 0 Å². The van der Waals surface area contributed by atoms with E-state index in [1.54, 1.807) is 11.3 Å². The molecule has 1 N–H and O–H groups in total. The van der Waals surface area contributed by atoms with E-state index >= 15 is 0 Å². The normalized spacial score (nSPS) is 10.8. The molecule has 0 spiro atoms. The highest BCUT2D eigenvalue weighted by atomic mass is 32.1. The van der Waals surface area contributed by atoms with Crippen LogP contribution >= 0.6 is 11.3 Å². The van der Waals surface area contributed by atoms with Gasteiger partial charge in [0.15, 0.2) is 0 Å². The molecule has 0 aliphatic rings. The third-order valence-corrected chi connectivity index (χ3v) is 4.03. The summed E-state index contributed by atoms with van der Waals surface area (Å²) < 4.78 is 0. The van der Waals surface area contributed by atoms with Gasteiger partial charge in [-0.15, -0.1) is 11.3 Å². The molecule has 0 aliphatic heterocycles. The van der Waals surface area contributed by atoms with Gasteiger partial charge in [-0.25, -0.2) is 9.97 Å². The molecule has 5 heteroatoms. The average Bonchev–Trinajstić information content (AvgIpc) is 2.82. The number of rotatable bonds is 6. The van der Waals surface area contributed by atoms with Gasteiger partial charge in [0.25, 0.3) is 0 Å². The van der Waals surface area contributed by atoms with Crippen LogP contribution in [0.2, 0.25) is 0 Å². The minimum Gasteiger partial charge on any atom is -0.354 e. The molecule has 0 radical (unpaired) electrons. The maximum atomic E-state index is 4.69. The Balaban J connectivity index is 2.06. The molecule has 0 aliphatic carbocycles. The Hall–Kier alpha value is -1.46. The molecular formula is C15H22N4S. The maximum Gasteiger partial charge on any atom is 0.128 e. The van der Waals surface area contributed by atoms with Crippen LogP contribution in [0.25, 0.3) is 0 Å². The lowest BCUT2D eigenvalue weighted by atomic mass is 10.2.